The van der Waals surface area contributed by atoms with Crippen LogP contribution in [0.4, 0.5) is 0 Å². The van der Waals surface area contributed by atoms with Gasteiger partial charge in [-0.05, 0) is 45.7 Å². The van der Waals surface area contributed by atoms with Gasteiger partial charge < -0.3 is 15.4 Å². The summed E-state index contributed by atoms with van der Waals surface area (Å²) in [6, 6.07) is 10.9. The summed E-state index contributed by atoms with van der Waals surface area (Å²) in [6.45, 7) is 7.83. The summed E-state index contributed by atoms with van der Waals surface area (Å²) in [4.78, 5) is 6.97. The van der Waals surface area contributed by atoms with Crippen LogP contribution in [-0.4, -0.2) is 76.2 Å². The molecule has 0 radical (unpaired) electrons. The molecular formula is C22H39IN4O3S. The normalized spacial score (nSPS) is 17.6. The van der Waals surface area contributed by atoms with Crippen molar-refractivity contribution in [3.05, 3.63) is 35.9 Å². The van der Waals surface area contributed by atoms with E-state index in [0.29, 0.717) is 38.1 Å². The van der Waals surface area contributed by atoms with E-state index in [1.54, 1.807) is 0 Å². The number of sulfone groups is 1. The lowest BCUT2D eigenvalue weighted by Crippen LogP contribution is -2.47. The number of guanidine groups is 1. The van der Waals surface area contributed by atoms with Crippen LogP contribution in [0, 0.1) is 0 Å². The highest BCUT2D eigenvalue weighted by Gasteiger charge is 2.42. The van der Waals surface area contributed by atoms with Gasteiger partial charge in [-0.1, -0.05) is 30.3 Å². The summed E-state index contributed by atoms with van der Waals surface area (Å²) in [6.07, 6.45) is 3.27. The van der Waals surface area contributed by atoms with Crippen molar-refractivity contribution in [3.8, 4) is 0 Å². The number of aliphatic imine (C=N–C) groups is 1. The smallest absolute Gasteiger partial charge is 0.191 e. The van der Waals surface area contributed by atoms with Crippen LogP contribution in [0.2, 0.25) is 0 Å². The fourth-order valence-electron chi connectivity index (χ4n) is 3.60. The molecule has 0 aromatic heterocycles. The average Bonchev–Trinajstić information content (AvgIpc) is 2.72. The first-order valence-electron chi connectivity index (χ1n) is 10.8. The molecule has 0 spiro atoms. The second-order valence-electron chi connectivity index (χ2n) is 8.23. The average molecular weight is 567 g/mol. The van der Waals surface area contributed by atoms with Gasteiger partial charge in [-0.25, -0.2) is 8.42 Å². The van der Waals surface area contributed by atoms with Crippen LogP contribution in [0.25, 0.3) is 0 Å². The number of nitrogens with zero attached hydrogens (tertiary/aromatic N) is 2. The van der Waals surface area contributed by atoms with Crippen LogP contribution in [0.3, 0.4) is 0 Å². The fraction of sp³-hybridized carbons (Fsp3) is 0.682. The van der Waals surface area contributed by atoms with E-state index in [4.69, 9.17) is 4.74 Å². The Bertz CT molecular complexity index is 768. The van der Waals surface area contributed by atoms with Gasteiger partial charge in [-0.2, -0.15) is 0 Å². The number of ether oxygens (including phenoxy) is 1. The molecule has 7 nitrogen and oxygen atoms in total. The molecule has 1 aromatic carbocycles. The van der Waals surface area contributed by atoms with Crippen LogP contribution >= 0.6 is 24.0 Å². The quantitative estimate of drug-likeness (QED) is 0.258. The van der Waals surface area contributed by atoms with Gasteiger partial charge in [0.1, 0.15) is 0 Å². The molecule has 0 bridgehead atoms. The Kier molecular flexibility index (Phi) is 12.3. The largest absolute Gasteiger partial charge is 0.381 e. The summed E-state index contributed by atoms with van der Waals surface area (Å²) in [5.41, 5.74) is 1.30. The van der Waals surface area contributed by atoms with E-state index >= 15 is 0 Å². The highest BCUT2D eigenvalue weighted by Crippen LogP contribution is 2.29. The van der Waals surface area contributed by atoms with Crippen molar-refractivity contribution in [3.63, 3.8) is 0 Å². The summed E-state index contributed by atoms with van der Waals surface area (Å²) in [5, 5.41) is 6.60. The van der Waals surface area contributed by atoms with Crippen molar-refractivity contribution in [2.45, 2.75) is 50.4 Å². The Morgan fingerprint density at radius 1 is 1.23 bits per heavy atom. The number of benzene rings is 1. The van der Waals surface area contributed by atoms with Crippen molar-refractivity contribution in [2.75, 3.05) is 46.2 Å². The van der Waals surface area contributed by atoms with E-state index in [-0.39, 0.29) is 30.5 Å². The summed E-state index contributed by atoms with van der Waals surface area (Å²) >= 11 is 0. The molecular weight excluding hydrogens is 527 g/mol. The standard InChI is InChI=1S/C22H38N4O3S.HI/c1-5-23-21(25-18-22(30(4,27)28)12-15-29-16-13-22)24-14-11-19(2)26(3)17-20-9-7-6-8-10-20;/h6-10,19H,5,11-18H2,1-4H3,(H2,23,24,25);1H. The number of hydrogen-bond donors (Lipinski definition) is 2. The lowest BCUT2D eigenvalue weighted by Gasteiger charge is -2.34. The lowest BCUT2D eigenvalue weighted by molar-refractivity contribution is 0.0768. The number of nitrogens with one attached hydrogen (secondary N) is 2. The van der Waals surface area contributed by atoms with E-state index in [0.717, 1.165) is 26.1 Å². The van der Waals surface area contributed by atoms with Gasteiger partial charge in [0.25, 0.3) is 0 Å². The zero-order valence-electron chi connectivity index (χ0n) is 19.3. The second-order valence-corrected chi connectivity index (χ2v) is 10.6. The molecule has 9 heteroatoms. The van der Waals surface area contributed by atoms with E-state index in [2.05, 4.69) is 58.8 Å². The molecule has 0 aliphatic carbocycles. The van der Waals surface area contributed by atoms with E-state index in [1.165, 1.54) is 11.8 Å². The van der Waals surface area contributed by atoms with Crippen molar-refractivity contribution in [1.82, 2.24) is 15.5 Å². The van der Waals surface area contributed by atoms with Crippen LogP contribution in [0.15, 0.2) is 35.3 Å². The lowest BCUT2D eigenvalue weighted by atomic mass is 9.99. The maximum atomic E-state index is 12.4. The first kappa shape index (κ1) is 28.1. The summed E-state index contributed by atoms with van der Waals surface area (Å²) in [7, 11) is -1.09. The molecule has 1 aliphatic rings. The molecule has 1 atom stereocenters. The molecule has 31 heavy (non-hydrogen) atoms. The molecule has 0 amide bonds. The molecule has 2 N–H and O–H groups in total. The monoisotopic (exact) mass is 566 g/mol. The van der Waals surface area contributed by atoms with E-state index < -0.39 is 14.6 Å². The molecule has 1 heterocycles. The van der Waals surface area contributed by atoms with Crippen LogP contribution in [-0.2, 0) is 21.1 Å². The van der Waals surface area contributed by atoms with E-state index in [9.17, 15) is 8.42 Å². The Balaban J connectivity index is 0.00000480. The molecule has 0 saturated carbocycles. The molecule has 1 aliphatic heterocycles. The number of hydrogen-bond acceptors (Lipinski definition) is 5. The molecule has 2 rings (SSSR count). The van der Waals surface area contributed by atoms with Gasteiger partial charge in [0, 0.05) is 45.1 Å². The number of halogens is 1. The fourth-order valence-corrected chi connectivity index (χ4v) is 4.81. The Morgan fingerprint density at radius 3 is 2.45 bits per heavy atom. The maximum Gasteiger partial charge on any atom is 0.191 e. The summed E-state index contributed by atoms with van der Waals surface area (Å²) < 4.78 is 29.4. The first-order valence-corrected chi connectivity index (χ1v) is 12.7. The van der Waals surface area contributed by atoms with Gasteiger partial charge >= 0.3 is 0 Å². The van der Waals surface area contributed by atoms with Crippen molar-refractivity contribution in [2.24, 2.45) is 4.99 Å². The maximum absolute atomic E-state index is 12.4. The van der Waals surface area contributed by atoms with Gasteiger partial charge in [0.05, 0.1) is 11.3 Å². The first-order chi connectivity index (χ1) is 14.3. The van der Waals surface area contributed by atoms with Gasteiger partial charge in [-0.3, -0.25) is 9.89 Å². The topological polar surface area (TPSA) is 83.0 Å². The molecule has 1 unspecified atom stereocenters. The minimum absolute atomic E-state index is 0. The minimum Gasteiger partial charge on any atom is -0.381 e. The van der Waals surface area contributed by atoms with Crippen molar-refractivity contribution < 1.29 is 13.2 Å². The highest BCUT2D eigenvalue weighted by atomic mass is 127. The molecule has 1 aromatic rings. The zero-order valence-corrected chi connectivity index (χ0v) is 22.4. The SMILES string of the molecule is CCNC(=NCC1(S(C)(=O)=O)CCOCC1)NCCC(C)N(C)Cc1ccccc1.I. The Labute approximate surface area is 205 Å². The second kappa shape index (κ2) is 13.6. The third kappa shape index (κ3) is 8.86. The van der Waals surface area contributed by atoms with Gasteiger partial charge in [-0.15, -0.1) is 24.0 Å². The van der Waals surface area contributed by atoms with E-state index in [1.807, 2.05) is 13.0 Å². The third-order valence-corrected chi connectivity index (χ3v) is 8.05. The third-order valence-electron chi connectivity index (χ3n) is 5.94. The molecule has 178 valence electrons. The summed E-state index contributed by atoms with van der Waals surface area (Å²) in [5.74, 6) is 0.671. The Morgan fingerprint density at radius 2 is 1.87 bits per heavy atom. The van der Waals surface area contributed by atoms with Gasteiger partial charge in [0.2, 0.25) is 0 Å². The minimum atomic E-state index is -3.22. The van der Waals surface area contributed by atoms with Crippen molar-refractivity contribution >= 4 is 39.8 Å². The molecule has 1 saturated heterocycles. The van der Waals surface area contributed by atoms with Crippen LogP contribution < -0.4 is 10.6 Å². The van der Waals surface area contributed by atoms with Gasteiger partial charge in [0.15, 0.2) is 15.8 Å². The van der Waals surface area contributed by atoms with Crippen LogP contribution in [0.5, 0.6) is 0 Å². The predicted molar refractivity (Wildman–Crippen MR) is 139 cm³/mol. The highest BCUT2D eigenvalue weighted by molar-refractivity contribution is 14.0. The zero-order chi connectivity index (χ0) is 22.0. The van der Waals surface area contributed by atoms with Crippen molar-refractivity contribution in [1.29, 1.82) is 0 Å². The molecule has 1 fully saturated rings. The Hall–Kier alpha value is -0.910. The predicted octanol–water partition coefficient (Wildman–Crippen LogP) is 2.66. The number of rotatable bonds is 10. The van der Waals surface area contributed by atoms with Crippen LogP contribution in [0.1, 0.15) is 38.7 Å².